The zero-order valence-electron chi connectivity index (χ0n) is 13.8. The summed E-state index contributed by atoms with van der Waals surface area (Å²) >= 11 is 0. The van der Waals surface area contributed by atoms with E-state index < -0.39 is 11.7 Å². The van der Waals surface area contributed by atoms with E-state index in [1.807, 2.05) is 31.2 Å². The Bertz CT molecular complexity index is 850. The number of allylic oxidation sites excluding steroid dienone is 1. The van der Waals surface area contributed by atoms with E-state index in [1.165, 1.54) is 17.1 Å². The number of anilines is 2. The fourth-order valence-corrected chi connectivity index (χ4v) is 3.27. The van der Waals surface area contributed by atoms with Gasteiger partial charge in [0.25, 0.3) is 0 Å². The first-order valence-corrected chi connectivity index (χ1v) is 7.86. The van der Waals surface area contributed by atoms with Crippen LogP contribution in [0.5, 0.6) is 0 Å². The topological polar surface area (TPSA) is 72.3 Å². The third-order valence-corrected chi connectivity index (χ3v) is 4.49. The van der Waals surface area contributed by atoms with Crippen molar-refractivity contribution in [2.45, 2.75) is 19.5 Å². The van der Waals surface area contributed by atoms with E-state index in [-0.39, 0.29) is 17.3 Å². The average Bonchev–Trinajstić information content (AvgIpc) is 2.93. The summed E-state index contributed by atoms with van der Waals surface area (Å²) in [4.78, 5) is 0. The molecule has 0 saturated heterocycles. The van der Waals surface area contributed by atoms with Crippen molar-refractivity contribution in [1.29, 1.82) is 0 Å². The number of rotatable bonds is 1. The van der Waals surface area contributed by atoms with Crippen LogP contribution in [-0.2, 0) is 12.6 Å². The maximum atomic E-state index is 12.7. The Hall–Kier alpha value is -2.71. The minimum Gasteiger partial charge on any atom is -0.492 e. The number of fused-ring (bicyclic) bond motifs is 3. The van der Waals surface area contributed by atoms with Gasteiger partial charge in [0.1, 0.15) is 5.70 Å². The Balaban J connectivity index is 0.00000196. The maximum Gasteiger partial charge on any atom is 0.416 e. The number of halogens is 3. The normalized spacial score (nSPS) is 19.2. The molecule has 2 heterocycles. The summed E-state index contributed by atoms with van der Waals surface area (Å²) in [5, 5.41) is 13.5. The Kier molecular flexibility index (Phi) is 4.33. The molecule has 1 unspecified atom stereocenters. The highest BCUT2D eigenvalue weighted by atomic mass is 19.4. The second kappa shape index (κ2) is 6.22. The van der Waals surface area contributed by atoms with Gasteiger partial charge < -0.3 is 10.6 Å². The molecule has 26 heavy (non-hydrogen) atoms. The van der Waals surface area contributed by atoms with Crippen molar-refractivity contribution in [2.24, 2.45) is 5.92 Å². The molecule has 8 heteroatoms. The number of aliphatic hydroxyl groups excluding tert-OH is 1. The van der Waals surface area contributed by atoms with E-state index in [1.54, 1.807) is 5.01 Å². The monoisotopic (exact) mass is 364 g/mol. The third-order valence-electron chi connectivity index (χ3n) is 4.49. The molecule has 4 rings (SSSR count). The Labute approximate surface area is 148 Å². The molecule has 0 fully saturated rings. The summed E-state index contributed by atoms with van der Waals surface area (Å²) < 4.78 is 38.2. The van der Waals surface area contributed by atoms with Crippen LogP contribution >= 0.6 is 0 Å². The number of hydrogen-bond donors (Lipinski definition) is 1. The van der Waals surface area contributed by atoms with Gasteiger partial charge in [-0.25, -0.2) is 10.0 Å². The van der Waals surface area contributed by atoms with E-state index >= 15 is 0 Å². The predicted molar refractivity (Wildman–Crippen MR) is 91.1 cm³/mol. The SMILES string of the molecule is CC1Cc2ccccc2N2[N]N(c3ccc(C(F)(F)F)cc3)C(O)=C12.O. The lowest BCUT2D eigenvalue weighted by Crippen LogP contribution is -2.38. The van der Waals surface area contributed by atoms with Crippen molar-refractivity contribution in [3.63, 3.8) is 0 Å². The average molecular weight is 364 g/mol. The van der Waals surface area contributed by atoms with Gasteiger partial charge in [-0.1, -0.05) is 25.1 Å². The highest BCUT2D eigenvalue weighted by molar-refractivity contribution is 5.66. The highest BCUT2D eigenvalue weighted by Gasteiger charge is 2.40. The minimum absolute atomic E-state index is 0. The highest BCUT2D eigenvalue weighted by Crippen LogP contribution is 2.41. The molecule has 137 valence electrons. The molecule has 0 amide bonds. The first-order chi connectivity index (χ1) is 11.9. The number of hydrogen-bond acceptors (Lipinski definition) is 3. The van der Waals surface area contributed by atoms with E-state index in [9.17, 15) is 18.3 Å². The Morgan fingerprint density at radius 1 is 1.04 bits per heavy atom. The lowest BCUT2D eigenvalue weighted by atomic mass is 9.92. The summed E-state index contributed by atoms with van der Waals surface area (Å²) in [5.74, 6) is -0.0140. The van der Waals surface area contributed by atoms with Gasteiger partial charge in [-0.15, -0.1) is 0 Å². The molecule has 1 atom stereocenters. The number of nitrogens with zero attached hydrogens (tertiary/aromatic N) is 3. The van der Waals surface area contributed by atoms with Gasteiger partial charge in [-0.3, -0.25) is 0 Å². The fourth-order valence-electron chi connectivity index (χ4n) is 3.27. The van der Waals surface area contributed by atoms with E-state index in [0.29, 0.717) is 11.4 Å². The number of para-hydroxylation sites is 1. The zero-order chi connectivity index (χ0) is 17.8. The van der Waals surface area contributed by atoms with E-state index in [0.717, 1.165) is 29.8 Å². The summed E-state index contributed by atoms with van der Waals surface area (Å²) in [5.41, 5.74) is 6.68. The van der Waals surface area contributed by atoms with E-state index in [4.69, 9.17) is 0 Å². The molecule has 0 aromatic heterocycles. The van der Waals surface area contributed by atoms with Gasteiger partial charge in [0.15, 0.2) is 0 Å². The molecule has 0 bridgehead atoms. The van der Waals surface area contributed by atoms with Gasteiger partial charge in [0.05, 0.1) is 16.9 Å². The van der Waals surface area contributed by atoms with Gasteiger partial charge >= 0.3 is 6.18 Å². The second-order valence-corrected chi connectivity index (χ2v) is 6.20. The van der Waals surface area contributed by atoms with Crippen LogP contribution in [0.1, 0.15) is 18.1 Å². The van der Waals surface area contributed by atoms with Gasteiger partial charge in [-0.05, 0) is 47.9 Å². The second-order valence-electron chi connectivity index (χ2n) is 6.20. The standard InChI is InChI=1S/C18H15F3N3O.H2O/c1-11-10-12-4-2-3-5-15(12)24-16(11)17(25)23(22-24)14-8-6-13(7-9-14)18(19,20)21;/h2-9,11,25H,10H2,1H3;1H2. The molecule has 2 aliphatic heterocycles. The number of aliphatic hydroxyl groups is 1. The third kappa shape index (κ3) is 2.77. The van der Waals surface area contributed by atoms with Crippen molar-refractivity contribution >= 4 is 11.4 Å². The van der Waals surface area contributed by atoms with Crippen molar-refractivity contribution in [1.82, 2.24) is 5.53 Å². The quantitative estimate of drug-likeness (QED) is 0.841. The van der Waals surface area contributed by atoms with Crippen LogP contribution in [-0.4, -0.2) is 10.6 Å². The predicted octanol–water partition coefficient (Wildman–Crippen LogP) is 3.56. The molecule has 1 radical (unpaired) electrons. The number of alkyl halides is 3. The van der Waals surface area contributed by atoms with Crippen molar-refractivity contribution in [3.05, 3.63) is 71.2 Å². The maximum absolute atomic E-state index is 12.7. The van der Waals surface area contributed by atoms with Gasteiger partial charge in [-0.2, -0.15) is 13.2 Å². The summed E-state index contributed by atoms with van der Waals surface area (Å²) in [7, 11) is 0. The molecule has 2 aromatic carbocycles. The Morgan fingerprint density at radius 3 is 2.35 bits per heavy atom. The zero-order valence-corrected chi connectivity index (χ0v) is 13.8. The summed E-state index contributed by atoms with van der Waals surface area (Å²) in [6.45, 7) is 1.99. The van der Waals surface area contributed by atoms with Crippen LogP contribution in [0, 0.1) is 5.92 Å². The number of benzene rings is 2. The molecule has 0 saturated carbocycles. The summed E-state index contributed by atoms with van der Waals surface area (Å²) in [6, 6.07) is 12.3. The summed E-state index contributed by atoms with van der Waals surface area (Å²) in [6.07, 6.45) is -3.63. The van der Waals surface area contributed by atoms with E-state index in [2.05, 4.69) is 5.53 Å². The van der Waals surface area contributed by atoms with Crippen molar-refractivity contribution in [2.75, 3.05) is 10.0 Å². The lowest BCUT2D eigenvalue weighted by molar-refractivity contribution is -0.137. The molecular formula is C18H17F3N3O2. The van der Waals surface area contributed by atoms with Crippen LogP contribution in [0.15, 0.2) is 60.1 Å². The largest absolute Gasteiger partial charge is 0.492 e. The first-order valence-electron chi connectivity index (χ1n) is 7.86. The molecule has 0 spiro atoms. The fraction of sp³-hybridized carbons (Fsp3) is 0.222. The molecule has 2 aliphatic rings. The van der Waals surface area contributed by atoms with Gasteiger partial charge in [0, 0.05) is 5.92 Å². The van der Waals surface area contributed by atoms with Crippen LogP contribution < -0.4 is 15.6 Å². The lowest BCUT2D eigenvalue weighted by Gasteiger charge is -2.30. The molecule has 5 nitrogen and oxygen atoms in total. The van der Waals surface area contributed by atoms with Gasteiger partial charge in [0.2, 0.25) is 5.88 Å². The minimum atomic E-state index is -4.40. The van der Waals surface area contributed by atoms with Crippen LogP contribution in [0.3, 0.4) is 0 Å². The molecule has 3 N–H and O–H groups in total. The Morgan fingerprint density at radius 2 is 1.69 bits per heavy atom. The van der Waals surface area contributed by atoms with Crippen molar-refractivity contribution in [3.8, 4) is 0 Å². The molecule has 0 aliphatic carbocycles. The smallest absolute Gasteiger partial charge is 0.416 e. The van der Waals surface area contributed by atoms with Crippen LogP contribution in [0.25, 0.3) is 0 Å². The molecule has 2 aromatic rings. The molecular weight excluding hydrogens is 347 g/mol. The van der Waals surface area contributed by atoms with Crippen LogP contribution in [0.2, 0.25) is 0 Å². The van der Waals surface area contributed by atoms with Crippen molar-refractivity contribution < 1.29 is 23.8 Å². The van der Waals surface area contributed by atoms with Crippen LogP contribution in [0.4, 0.5) is 24.5 Å². The first kappa shape index (κ1) is 18.1.